The van der Waals surface area contributed by atoms with E-state index in [4.69, 9.17) is 0 Å². The number of hydrogen-bond donors (Lipinski definition) is 0. The van der Waals surface area contributed by atoms with Gasteiger partial charge < -0.3 is 4.48 Å². The van der Waals surface area contributed by atoms with Crippen molar-refractivity contribution in [3.05, 3.63) is 35.4 Å². The van der Waals surface area contributed by atoms with Crippen molar-refractivity contribution in [2.45, 2.75) is 84.1 Å². The minimum absolute atomic E-state index is 0.998. The molecule has 0 saturated heterocycles. The van der Waals surface area contributed by atoms with E-state index < -0.39 is 0 Å². The third-order valence-electron chi connectivity index (χ3n) is 4.50. The molecule has 1 aromatic carbocycles. The van der Waals surface area contributed by atoms with Gasteiger partial charge in [-0.15, -0.1) is 0 Å². The highest BCUT2D eigenvalue weighted by Crippen LogP contribution is 2.14. The molecule has 0 unspecified atom stereocenters. The third-order valence-corrected chi connectivity index (χ3v) is 4.50. The molecule has 1 aromatic rings. The molecule has 0 spiro atoms. The molecule has 0 radical (unpaired) electrons. The monoisotopic (exact) mass is 318 g/mol. The molecule has 0 amide bonds. The van der Waals surface area contributed by atoms with Crippen molar-refractivity contribution in [1.29, 1.82) is 0 Å². The Morgan fingerprint density at radius 3 is 1.52 bits per heavy atom. The maximum absolute atomic E-state index is 2.33. The second-order valence-electron chi connectivity index (χ2n) is 8.20. The van der Waals surface area contributed by atoms with Gasteiger partial charge in [-0.05, 0) is 18.4 Å². The van der Waals surface area contributed by atoms with Crippen molar-refractivity contribution in [2.24, 2.45) is 0 Å². The minimum atomic E-state index is 0.998. The number of quaternary nitrogens is 1. The molecule has 0 atom stereocenters. The molecule has 0 heterocycles. The number of unbranched alkanes of at least 4 members (excludes halogenated alkanes) is 9. The molecular weight excluding hydrogens is 278 g/mol. The Kier molecular flexibility index (Phi) is 10.3. The smallest absolute Gasteiger partial charge is 0.104 e. The van der Waals surface area contributed by atoms with E-state index in [1.54, 1.807) is 0 Å². The lowest BCUT2D eigenvalue weighted by Gasteiger charge is -2.23. The molecule has 0 aliphatic heterocycles. The number of benzene rings is 1. The van der Waals surface area contributed by atoms with E-state index in [-0.39, 0.29) is 0 Å². The van der Waals surface area contributed by atoms with E-state index in [1.807, 2.05) is 0 Å². The Bertz CT molecular complexity index is 385. The Balaban J connectivity index is 2.03. The first-order chi connectivity index (χ1) is 11.0. The molecule has 0 saturated carbocycles. The molecule has 23 heavy (non-hydrogen) atoms. The highest BCUT2D eigenvalue weighted by atomic mass is 15.3. The fraction of sp³-hybridized carbons (Fsp3) is 0.727. The maximum Gasteiger partial charge on any atom is 0.104 e. The van der Waals surface area contributed by atoms with Gasteiger partial charge in [0.1, 0.15) is 6.54 Å². The Labute approximate surface area is 145 Å². The van der Waals surface area contributed by atoms with Crippen LogP contribution in [0, 0.1) is 0 Å². The van der Waals surface area contributed by atoms with Crippen LogP contribution < -0.4 is 0 Å². The fourth-order valence-electron chi connectivity index (χ4n) is 3.18. The fourth-order valence-corrected chi connectivity index (χ4v) is 3.18. The summed E-state index contributed by atoms with van der Waals surface area (Å²) >= 11 is 0. The molecule has 132 valence electrons. The van der Waals surface area contributed by atoms with Crippen LogP contribution in [0.5, 0.6) is 0 Å². The molecular formula is C22H40N+. The van der Waals surface area contributed by atoms with Gasteiger partial charge in [0.25, 0.3) is 0 Å². The zero-order chi connectivity index (χ0) is 17.0. The Morgan fingerprint density at radius 2 is 1.04 bits per heavy atom. The second-order valence-corrected chi connectivity index (χ2v) is 8.20. The van der Waals surface area contributed by atoms with Gasteiger partial charge in [-0.2, -0.15) is 0 Å². The predicted molar refractivity (Wildman–Crippen MR) is 104 cm³/mol. The normalized spacial score (nSPS) is 11.8. The van der Waals surface area contributed by atoms with E-state index in [2.05, 4.69) is 52.3 Å². The van der Waals surface area contributed by atoms with Crippen LogP contribution in [0.4, 0.5) is 0 Å². The molecule has 1 nitrogen and oxygen atoms in total. The summed E-state index contributed by atoms with van der Waals surface area (Å²) in [6, 6.07) is 9.29. The Morgan fingerprint density at radius 1 is 0.609 bits per heavy atom. The van der Waals surface area contributed by atoms with E-state index in [1.165, 1.54) is 81.8 Å². The van der Waals surface area contributed by atoms with Crippen LogP contribution in [0.1, 0.15) is 82.3 Å². The topological polar surface area (TPSA) is 0 Å². The van der Waals surface area contributed by atoms with Crippen LogP contribution in [0.2, 0.25) is 0 Å². The van der Waals surface area contributed by atoms with Crippen LogP contribution in [0.15, 0.2) is 24.3 Å². The van der Waals surface area contributed by atoms with Crippen molar-refractivity contribution >= 4 is 0 Å². The Hall–Kier alpha value is -0.820. The van der Waals surface area contributed by atoms with Crippen LogP contribution in [0.25, 0.3) is 0 Å². The predicted octanol–water partition coefficient (Wildman–Crippen LogP) is 6.36. The van der Waals surface area contributed by atoms with E-state index >= 15 is 0 Å². The van der Waals surface area contributed by atoms with E-state index in [0.29, 0.717) is 0 Å². The maximum atomic E-state index is 2.33. The van der Waals surface area contributed by atoms with Crippen LogP contribution in [-0.2, 0) is 13.0 Å². The molecule has 0 bridgehead atoms. The number of rotatable bonds is 13. The van der Waals surface area contributed by atoms with E-state index in [0.717, 1.165) is 11.0 Å². The second kappa shape index (κ2) is 11.7. The SMILES string of the molecule is CCCCCCCCCCCCc1ccc(C[N+](C)(C)C)cc1. The highest BCUT2D eigenvalue weighted by molar-refractivity contribution is 5.22. The standard InChI is InChI=1S/C22H40N/c1-5-6-7-8-9-10-11-12-13-14-15-21-16-18-22(19-17-21)20-23(2,3)4/h16-19H,5-15,20H2,1-4H3/q+1. The molecule has 1 heteroatoms. The summed E-state index contributed by atoms with van der Waals surface area (Å²) in [4.78, 5) is 0. The van der Waals surface area contributed by atoms with Crippen molar-refractivity contribution in [2.75, 3.05) is 21.1 Å². The summed E-state index contributed by atoms with van der Waals surface area (Å²) in [5, 5.41) is 0. The number of nitrogens with zero attached hydrogens (tertiary/aromatic N) is 1. The molecule has 0 fully saturated rings. The van der Waals surface area contributed by atoms with Crippen LogP contribution >= 0.6 is 0 Å². The summed E-state index contributed by atoms with van der Waals surface area (Å²) < 4.78 is 0.998. The van der Waals surface area contributed by atoms with E-state index in [9.17, 15) is 0 Å². The van der Waals surface area contributed by atoms with Crippen molar-refractivity contribution < 1.29 is 4.48 Å². The summed E-state index contributed by atoms with van der Waals surface area (Å²) in [6.07, 6.45) is 15.4. The van der Waals surface area contributed by atoms with Crippen molar-refractivity contribution in [3.8, 4) is 0 Å². The van der Waals surface area contributed by atoms with Gasteiger partial charge in [0.2, 0.25) is 0 Å². The molecule has 0 aliphatic rings. The molecule has 0 aliphatic carbocycles. The lowest BCUT2D eigenvalue weighted by Crippen LogP contribution is -2.33. The molecule has 1 rings (SSSR count). The van der Waals surface area contributed by atoms with Gasteiger partial charge in [-0.3, -0.25) is 0 Å². The van der Waals surface area contributed by atoms with Crippen molar-refractivity contribution in [3.63, 3.8) is 0 Å². The van der Waals surface area contributed by atoms with Gasteiger partial charge >= 0.3 is 0 Å². The average Bonchev–Trinajstić information content (AvgIpc) is 2.49. The first-order valence-electron chi connectivity index (χ1n) is 9.89. The van der Waals surface area contributed by atoms with Crippen LogP contribution in [-0.4, -0.2) is 25.6 Å². The zero-order valence-electron chi connectivity index (χ0n) is 16.2. The third kappa shape index (κ3) is 11.4. The summed E-state index contributed by atoms with van der Waals surface area (Å²) in [5.41, 5.74) is 2.96. The summed E-state index contributed by atoms with van der Waals surface area (Å²) in [5.74, 6) is 0. The van der Waals surface area contributed by atoms with Crippen LogP contribution in [0.3, 0.4) is 0 Å². The van der Waals surface area contributed by atoms with Gasteiger partial charge in [0.05, 0.1) is 21.1 Å². The van der Waals surface area contributed by atoms with Gasteiger partial charge in [0, 0.05) is 5.56 Å². The molecule has 0 aromatic heterocycles. The largest absolute Gasteiger partial charge is 0.327 e. The lowest BCUT2D eigenvalue weighted by atomic mass is 10.0. The van der Waals surface area contributed by atoms with Gasteiger partial charge in [-0.1, -0.05) is 89.0 Å². The minimum Gasteiger partial charge on any atom is -0.327 e. The quantitative estimate of drug-likeness (QED) is 0.293. The summed E-state index contributed by atoms with van der Waals surface area (Å²) in [6.45, 7) is 3.40. The highest BCUT2D eigenvalue weighted by Gasteiger charge is 2.07. The lowest BCUT2D eigenvalue weighted by molar-refractivity contribution is -0.884. The first kappa shape index (κ1) is 20.2. The number of aryl methyl sites for hydroxylation is 1. The number of hydrogen-bond acceptors (Lipinski definition) is 0. The van der Waals surface area contributed by atoms with Crippen molar-refractivity contribution in [1.82, 2.24) is 0 Å². The first-order valence-corrected chi connectivity index (χ1v) is 9.89. The average molecular weight is 319 g/mol. The molecule has 0 N–H and O–H groups in total. The summed E-state index contributed by atoms with van der Waals surface area (Å²) in [7, 11) is 6.74. The zero-order valence-corrected chi connectivity index (χ0v) is 16.2. The van der Waals surface area contributed by atoms with Gasteiger partial charge in [-0.25, -0.2) is 0 Å². The van der Waals surface area contributed by atoms with Gasteiger partial charge in [0.15, 0.2) is 0 Å².